The quantitative estimate of drug-likeness (QED) is 0.437. The van der Waals surface area contributed by atoms with E-state index in [0.717, 1.165) is 55.8 Å². The zero-order valence-electron chi connectivity index (χ0n) is 20.3. The second kappa shape index (κ2) is 8.54. The normalized spacial score (nSPS) is 45.1. The lowest BCUT2D eigenvalue weighted by atomic mass is 9.47. The Bertz CT molecular complexity index is 637. The first-order valence-electron chi connectivity index (χ1n) is 13.3. The van der Waals surface area contributed by atoms with Crippen molar-refractivity contribution in [1.29, 1.82) is 0 Å². The fourth-order valence-corrected chi connectivity index (χ4v) is 8.64. The Morgan fingerprint density at radius 2 is 1.80 bits per heavy atom. The number of allylic oxidation sites excluding steroid dienone is 1. The number of rotatable bonds is 7. The molecule has 4 rings (SSSR count). The number of aliphatic hydroxyl groups is 2. The molecule has 6 unspecified atom stereocenters. The van der Waals surface area contributed by atoms with E-state index >= 15 is 0 Å². The summed E-state index contributed by atoms with van der Waals surface area (Å²) in [6.07, 6.45) is 19.3. The monoisotopic (exact) mass is 416 g/mol. The molecular weight excluding hydrogens is 368 g/mol. The summed E-state index contributed by atoms with van der Waals surface area (Å²) >= 11 is 0. The Labute approximate surface area is 185 Å². The Morgan fingerprint density at radius 3 is 2.57 bits per heavy atom. The second-order valence-electron chi connectivity index (χ2n) is 12.5. The van der Waals surface area contributed by atoms with Crippen LogP contribution in [0.3, 0.4) is 0 Å². The van der Waals surface area contributed by atoms with Gasteiger partial charge in [-0.2, -0.15) is 0 Å². The molecule has 30 heavy (non-hydrogen) atoms. The lowest BCUT2D eigenvalue weighted by molar-refractivity contribution is -0.0517. The largest absolute Gasteiger partial charge is 0.393 e. The molecule has 3 fully saturated rings. The molecule has 0 aliphatic heterocycles. The van der Waals surface area contributed by atoms with Gasteiger partial charge >= 0.3 is 0 Å². The van der Waals surface area contributed by atoms with E-state index in [-0.39, 0.29) is 6.10 Å². The maximum Gasteiger partial charge on any atom is 0.0619 e. The summed E-state index contributed by atoms with van der Waals surface area (Å²) in [5, 5.41) is 20.9. The molecule has 2 heteroatoms. The molecule has 2 N–H and O–H groups in total. The van der Waals surface area contributed by atoms with Crippen molar-refractivity contribution in [2.75, 3.05) is 0 Å². The Hall–Kier alpha value is -0.340. The van der Waals surface area contributed by atoms with Crippen molar-refractivity contribution >= 4 is 0 Å². The van der Waals surface area contributed by atoms with Crippen molar-refractivity contribution in [3.8, 4) is 0 Å². The van der Waals surface area contributed by atoms with E-state index in [9.17, 15) is 10.2 Å². The van der Waals surface area contributed by atoms with Gasteiger partial charge in [0, 0.05) is 0 Å². The molecule has 4 aliphatic rings. The van der Waals surface area contributed by atoms with E-state index in [4.69, 9.17) is 0 Å². The maximum absolute atomic E-state index is 10.7. The summed E-state index contributed by atoms with van der Waals surface area (Å²) in [4.78, 5) is 0. The number of hydrogen-bond acceptors (Lipinski definition) is 2. The zero-order valence-corrected chi connectivity index (χ0v) is 20.3. The van der Waals surface area contributed by atoms with E-state index in [1.165, 1.54) is 57.8 Å². The van der Waals surface area contributed by atoms with Crippen LogP contribution in [0.2, 0.25) is 0 Å². The minimum atomic E-state index is -0.461. The molecule has 0 aromatic rings. The van der Waals surface area contributed by atoms with Gasteiger partial charge in [0.2, 0.25) is 0 Å². The number of unbranched alkanes of at least 4 members (excludes halogenated alkanes) is 1. The zero-order chi connectivity index (χ0) is 21.6. The molecule has 4 aliphatic carbocycles. The molecule has 172 valence electrons. The first-order valence-corrected chi connectivity index (χ1v) is 13.3. The van der Waals surface area contributed by atoms with E-state index in [0.29, 0.717) is 10.8 Å². The topological polar surface area (TPSA) is 40.5 Å². The molecule has 0 amide bonds. The molecule has 0 bridgehead atoms. The van der Waals surface area contributed by atoms with E-state index < -0.39 is 5.60 Å². The number of fused-ring (bicyclic) bond motifs is 5. The maximum atomic E-state index is 10.7. The fourth-order valence-electron chi connectivity index (χ4n) is 8.64. The van der Waals surface area contributed by atoms with Gasteiger partial charge < -0.3 is 10.2 Å². The lowest BCUT2D eigenvalue weighted by Crippen LogP contribution is -2.50. The average molecular weight is 417 g/mol. The van der Waals surface area contributed by atoms with E-state index in [1.807, 2.05) is 0 Å². The van der Waals surface area contributed by atoms with Crippen LogP contribution >= 0.6 is 0 Å². The van der Waals surface area contributed by atoms with Crippen molar-refractivity contribution in [2.24, 2.45) is 34.5 Å². The third-order valence-corrected chi connectivity index (χ3v) is 10.6. The van der Waals surface area contributed by atoms with Crippen molar-refractivity contribution < 1.29 is 10.2 Å². The molecule has 0 heterocycles. The van der Waals surface area contributed by atoms with Crippen LogP contribution in [0.5, 0.6) is 0 Å². The Kier molecular flexibility index (Phi) is 6.50. The van der Waals surface area contributed by atoms with Crippen LogP contribution in [0.25, 0.3) is 0 Å². The number of aliphatic hydroxyl groups excluding tert-OH is 1. The molecule has 0 aromatic heterocycles. The molecule has 8 atom stereocenters. The SMILES string of the molecule is CCCCC(C)(O)CCCC1CCC2[C@@H]3CC=C4CC(O)CC[C@]4(C)C3CCC12C. The molecule has 0 radical (unpaired) electrons. The van der Waals surface area contributed by atoms with Crippen molar-refractivity contribution in [2.45, 2.75) is 129 Å². The van der Waals surface area contributed by atoms with Gasteiger partial charge in [-0.3, -0.25) is 0 Å². The van der Waals surface area contributed by atoms with Crippen molar-refractivity contribution in [3.05, 3.63) is 11.6 Å². The van der Waals surface area contributed by atoms with Crippen molar-refractivity contribution in [3.63, 3.8) is 0 Å². The molecule has 0 saturated heterocycles. The highest BCUT2D eigenvalue weighted by Gasteiger charge is 2.58. The van der Waals surface area contributed by atoms with Crippen LogP contribution in [0.15, 0.2) is 11.6 Å². The van der Waals surface area contributed by atoms with Gasteiger partial charge in [-0.05, 0) is 112 Å². The highest BCUT2D eigenvalue weighted by molar-refractivity contribution is 5.25. The Morgan fingerprint density at radius 1 is 1.03 bits per heavy atom. The summed E-state index contributed by atoms with van der Waals surface area (Å²) in [7, 11) is 0. The van der Waals surface area contributed by atoms with Crippen LogP contribution in [0, 0.1) is 34.5 Å². The van der Waals surface area contributed by atoms with Gasteiger partial charge in [-0.1, -0.05) is 51.7 Å². The van der Waals surface area contributed by atoms with Crippen LogP contribution in [-0.2, 0) is 0 Å². The third kappa shape index (κ3) is 4.05. The van der Waals surface area contributed by atoms with Crippen molar-refractivity contribution in [1.82, 2.24) is 0 Å². The second-order valence-corrected chi connectivity index (χ2v) is 12.5. The molecule has 3 saturated carbocycles. The van der Waals surface area contributed by atoms with Crippen LogP contribution in [0.4, 0.5) is 0 Å². The highest BCUT2D eigenvalue weighted by atomic mass is 16.3. The fraction of sp³-hybridized carbons (Fsp3) is 0.929. The predicted molar refractivity (Wildman–Crippen MR) is 125 cm³/mol. The summed E-state index contributed by atoms with van der Waals surface area (Å²) in [6, 6.07) is 0. The first-order chi connectivity index (χ1) is 14.2. The molecular formula is C28H48O2. The van der Waals surface area contributed by atoms with Gasteiger partial charge in [0.25, 0.3) is 0 Å². The molecule has 0 spiro atoms. The smallest absolute Gasteiger partial charge is 0.0619 e. The summed E-state index contributed by atoms with van der Waals surface area (Å²) in [6.45, 7) is 9.44. The van der Waals surface area contributed by atoms with Gasteiger partial charge in [0.1, 0.15) is 0 Å². The van der Waals surface area contributed by atoms with E-state index in [2.05, 4.69) is 33.8 Å². The van der Waals surface area contributed by atoms with Gasteiger partial charge in [0.15, 0.2) is 0 Å². The van der Waals surface area contributed by atoms with Crippen LogP contribution in [0.1, 0.15) is 118 Å². The van der Waals surface area contributed by atoms with E-state index in [1.54, 1.807) is 5.57 Å². The van der Waals surface area contributed by atoms with Crippen LogP contribution < -0.4 is 0 Å². The highest BCUT2D eigenvalue weighted by Crippen LogP contribution is 2.66. The van der Waals surface area contributed by atoms with Gasteiger partial charge in [-0.25, -0.2) is 0 Å². The summed E-state index contributed by atoms with van der Waals surface area (Å²) < 4.78 is 0. The lowest BCUT2D eigenvalue weighted by Gasteiger charge is -2.58. The minimum Gasteiger partial charge on any atom is -0.393 e. The van der Waals surface area contributed by atoms with Crippen LogP contribution in [-0.4, -0.2) is 21.9 Å². The predicted octanol–water partition coefficient (Wildman–Crippen LogP) is 7.04. The molecule has 2 nitrogen and oxygen atoms in total. The minimum absolute atomic E-state index is 0.0971. The first kappa shape index (κ1) is 22.8. The van der Waals surface area contributed by atoms with Gasteiger partial charge in [0.05, 0.1) is 11.7 Å². The summed E-state index contributed by atoms with van der Waals surface area (Å²) in [5.41, 5.74) is 2.01. The third-order valence-electron chi connectivity index (χ3n) is 10.6. The Balaban J connectivity index is 1.40. The molecule has 0 aromatic carbocycles. The summed E-state index contributed by atoms with van der Waals surface area (Å²) in [5.74, 6) is 3.46. The van der Waals surface area contributed by atoms with Gasteiger partial charge in [-0.15, -0.1) is 0 Å². The average Bonchev–Trinajstić information content (AvgIpc) is 3.03. The number of hydrogen-bond donors (Lipinski definition) is 2. The standard InChI is InChI=1S/C28H48O2/c1-5-6-15-26(2,30)16-7-8-20-10-12-24-23-11-9-21-19-22(29)13-17-28(21,4)25(23)14-18-27(20,24)3/h9,20,22-25,29-30H,5-8,10-19H2,1-4H3/t20?,22?,23-,24?,25?,26?,27?,28-/m0/s1.